The zero-order chi connectivity index (χ0) is 16.4. The standard InChI is InChI=1S/C14H18N2O4S/c1-9-5-10(2)12(6-11(9)13(17)18)21(19,20)16-8-14(3,4)7-15/h5-6,16H,8H2,1-4H3,(H,17,18). The van der Waals surface area contributed by atoms with Crippen molar-refractivity contribution >= 4 is 16.0 Å². The molecule has 1 aromatic carbocycles. The molecule has 0 saturated heterocycles. The Morgan fingerprint density at radius 2 is 1.90 bits per heavy atom. The Morgan fingerprint density at radius 1 is 1.33 bits per heavy atom. The summed E-state index contributed by atoms with van der Waals surface area (Å²) in [5, 5.41) is 18.0. The molecule has 6 nitrogen and oxygen atoms in total. The molecule has 0 bridgehead atoms. The van der Waals surface area contributed by atoms with Crippen molar-refractivity contribution in [2.45, 2.75) is 32.6 Å². The van der Waals surface area contributed by atoms with Gasteiger partial charge in [-0.05, 0) is 44.9 Å². The first-order valence-electron chi connectivity index (χ1n) is 6.25. The fourth-order valence-corrected chi connectivity index (χ4v) is 3.21. The van der Waals surface area contributed by atoms with Gasteiger partial charge < -0.3 is 5.11 Å². The van der Waals surface area contributed by atoms with Crippen molar-refractivity contribution in [2.24, 2.45) is 5.41 Å². The zero-order valence-corrected chi connectivity index (χ0v) is 13.2. The van der Waals surface area contributed by atoms with Crippen LogP contribution in [0.3, 0.4) is 0 Å². The molecule has 0 saturated carbocycles. The van der Waals surface area contributed by atoms with E-state index >= 15 is 0 Å². The molecular weight excluding hydrogens is 292 g/mol. The van der Waals surface area contributed by atoms with Gasteiger partial charge in [-0.15, -0.1) is 0 Å². The Balaban J connectivity index is 3.24. The number of hydrogen-bond donors (Lipinski definition) is 2. The summed E-state index contributed by atoms with van der Waals surface area (Å²) in [6.07, 6.45) is 0. The molecule has 114 valence electrons. The van der Waals surface area contributed by atoms with E-state index in [1.165, 1.54) is 6.07 Å². The second-order valence-electron chi connectivity index (χ2n) is 5.56. The minimum absolute atomic E-state index is 0.0540. The summed E-state index contributed by atoms with van der Waals surface area (Å²) in [5.41, 5.74) is 0.0537. The first-order valence-corrected chi connectivity index (χ1v) is 7.74. The first kappa shape index (κ1) is 17.1. The minimum atomic E-state index is -3.87. The van der Waals surface area contributed by atoms with E-state index in [2.05, 4.69) is 4.72 Å². The molecule has 0 atom stereocenters. The SMILES string of the molecule is Cc1cc(C)c(S(=O)(=O)NCC(C)(C)C#N)cc1C(=O)O. The third-order valence-corrected chi connectivity index (χ3v) is 4.59. The summed E-state index contributed by atoms with van der Waals surface area (Å²) in [6, 6.07) is 4.67. The van der Waals surface area contributed by atoms with Gasteiger partial charge in [-0.25, -0.2) is 17.9 Å². The van der Waals surface area contributed by atoms with E-state index in [1.807, 2.05) is 6.07 Å². The van der Waals surface area contributed by atoms with Crippen molar-refractivity contribution in [3.8, 4) is 6.07 Å². The van der Waals surface area contributed by atoms with E-state index in [9.17, 15) is 13.2 Å². The summed E-state index contributed by atoms with van der Waals surface area (Å²) >= 11 is 0. The van der Waals surface area contributed by atoms with E-state index in [4.69, 9.17) is 10.4 Å². The van der Waals surface area contributed by atoms with Gasteiger partial charge in [0, 0.05) is 6.54 Å². The highest BCUT2D eigenvalue weighted by Gasteiger charge is 2.24. The lowest BCUT2D eigenvalue weighted by molar-refractivity contribution is 0.0696. The lowest BCUT2D eigenvalue weighted by Gasteiger charge is -2.17. The minimum Gasteiger partial charge on any atom is -0.478 e. The molecule has 0 heterocycles. The number of carbonyl (C=O) groups is 1. The van der Waals surface area contributed by atoms with Gasteiger partial charge in [0.1, 0.15) is 0 Å². The Hall–Kier alpha value is -1.91. The van der Waals surface area contributed by atoms with Crippen molar-refractivity contribution in [1.29, 1.82) is 5.26 Å². The normalized spacial score (nSPS) is 12.0. The monoisotopic (exact) mass is 310 g/mol. The van der Waals surface area contributed by atoms with Crippen LogP contribution in [0.5, 0.6) is 0 Å². The van der Waals surface area contributed by atoms with Gasteiger partial charge in [0.15, 0.2) is 0 Å². The van der Waals surface area contributed by atoms with Gasteiger partial charge in [-0.3, -0.25) is 0 Å². The van der Waals surface area contributed by atoms with E-state index in [0.29, 0.717) is 11.1 Å². The van der Waals surface area contributed by atoms with Crippen molar-refractivity contribution in [3.63, 3.8) is 0 Å². The van der Waals surface area contributed by atoms with Gasteiger partial charge in [0.05, 0.1) is 21.9 Å². The second kappa shape index (κ2) is 5.84. The molecule has 1 aromatic rings. The van der Waals surface area contributed by atoms with Gasteiger partial charge in [0.25, 0.3) is 0 Å². The summed E-state index contributed by atoms with van der Waals surface area (Å²) < 4.78 is 26.9. The highest BCUT2D eigenvalue weighted by molar-refractivity contribution is 7.89. The van der Waals surface area contributed by atoms with Crippen molar-refractivity contribution in [1.82, 2.24) is 4.72 Å². The number of carboxylic acid groups (broad SMARTS) is 1. The van der Waals surface area contributed by atoms with E-state index in [1.54, 1.807) is 27.7 Å². The molecule has 21 heavy (non-hydrogen) atoms. The molecule has 0 spiro atoms. The maximum Gasteiger partial charge on any atom is 0.335 e. The van der Waals surface area contributed by atoms with Gasteiger partial charge in [-0.2, -0.15) is 5.26 Å². The second-order valence-corrected chi connectivity index (χ2v) is 7.29. The largest absolute Gasteiger partial charge is 0.478 e. The molecule has 0 aromatic heterocycles. The van der Waals surface area contributed by atoms with Crippen molar-refractivity contribution in [3.05, 3.63) is 28.8 Å². The van der Waals surface area contributed by atoms with E-state index in [0.717, 1.165) is 6.07 Å². The molecule has 0 aliphatic rings. The topological polar surface area (TPSA) is 107 Å². The number of hydrogen-bond acceptors (Lipinski definition) is 4. The Bertz CT molecular complexity index is 715. The average Bonchev–Trinajstić information content (AvgIpc) is 2.36. The average molecular weight is 310 g/mol. The number of aromatic carboxylic acids is 1. The number of nitriles is 1. The number of rotatable bonds is 5. The van der Waals surface area contributed by atoms with Crippen molar-refractivity contribution < 1.29 is 18.3 Å². The summed E-state index contributed by atoms with van der Waals surface area (Å²) in [4.78, 5) is 11.0. The highest BCUT2D eigenvalue weighted by Crippen LogP contribution is 2.21. The van der Waals surface area contributed by atoms with Gasteiger partial charge in [-0.1, -0.05) is 6.07 Å². The van der Waals surface area contributed by atoms with Crippen LogP contribution in [0.2, 0.25) is 0 Å². The van der Waals surface area contributed by atoms with E-state index < -0.39 is 21.4 Å². The lowest BCUT2D eigenvalue weighted by Crippen LogP contribution is -2.33. The maximum atomic E-state index is 12.3. The lowest BCUT2D eigenvalue weighted by atomic mass is 9.97. The number of nitrogens with zero attached hydrogens (tertiary/aromatic N) is 1. The number of carboxylic acids is 1. The molecule has 0 aliphatic carbocycles. The molecule has 0 radical (unpaired) electrons. The third kappa shape index (κ3) is 4.03. The van der Waals surface area contributed by atoms with Crippen LogP contribution in [0.15, 0.2) is 17.0 Å². The Labute approximate surface area is 124 Å². The zero-order valence-electron chi connectivity index (χ0n) is 12.4. The summed E-state index contributed by atoms with van der Waals surface area (Å²) in [5.74, 6) is -1.18. The number of aryl methyl sites for hydroxylation is 2. The highest BCUT2D eigenvalue weighted by atomic mass is 32.2. The third-order valence-electron chi connectivity index (χ3n) is 3.05. The van der Waals surface area contributed by atoms with Crippen LogP contribution in [-0.4, -0.2) is 26.0 Å². The molecule has 0 unspecified atom stereocenters. The predicted octanol–water partition coefficient (Wildman–Crippen LogP) is 1.83. The van der Waals surface area contributed by atoms with Crippen molar-refractivity contribution in [2.75, 3.05) is 6.54 Å². The van der Waals surface area contributed by atoms with E-state index in [-0.39, 0.29) is 17.0 Å². The molecule has 0 aliphatic heterocycles. The van der Waals surface area contributed by atoms with Crippen LogP contribution in [0.1, 0.15) is 35.3 Å². The quantitative estimate of drug-likeness (QED) is 0.862. The number of sulfonamides is 1. The van der Waals surface area contributed by atoms with Crippen LogP contribution in [0.25, 0.3) is 0 Å². The summed E-state index contributed by atoms with van der Waals surface area (Å²) in [6.45, 7) is 6.38. The van der Waals surface area contributed by atoms with Gasteiger partial charge >= 0.3 is 5.97 Å². The van der Waals surface area contributed by atoms with Crippen LogP contribution in [0, 0.1) is 30.6 Å². The Morgan fingerprint density at radius 3 is 2.38 bits per heavy atom. The van der Waals surface area contributed by atoms with Gasteiger partial charge in [0.2, 0.25) is 10.0 Å². The molecule has 2 N–H and O–H groups in total. The number of nitrogens with one attached hydrogen (secondary N) is 1. The molecular formula is C14H18N2O4S. The first-order chi connectivity index (χ1) is 9.50. The van der Waals surface area contributed by atoms with Crippen LogP contribution in [-0.2, 0) is 10.0 Å². The molecule has 7 heteroatoms. The van der Waals surface area contributed by atoms with Crippen LogP contribution in [0.4, 0.5) is 0 Å². The molecule has 1 rings (SSSR count). The Kier molecular flexibility index (Phi) is 4.76. The molecule has 0 amide bonds. The fourth-order valence-electron chi connectivity index (χ4n) is 1.75. The maximum absolute atomic E-state index is 12.3. The fraction of sp³-hybridized carbons (Fsp3) is 0.429. The van der Waals surface area contributed by atoms with Crippen LogP contribution < -0.4 is 4.72 Å². The van der Waals surface area contributed by atoms with Crippen LogP contribution >= 0.6 is 0 Å². The smallest absolute Gasteiger partial charge is 0.335 e. The molecule has 0 fully saturated rings. The predicted molar refractivity (Wildman–Crippen MR) is 77.5 cm³/mol. The number of benzene rings is 1. The summed E-state index contributed by atoms with van der Waals surface area (Å²) in [7, 11) is -3.87.